The summed E-state index contributed by atoms with van der Waals surface area (Å²) in [7, 11) is 0. The Morgan fingerprint density at radius 2 is 2.05 bits per heavy atom. The topological polar surface area (TPSA) is 40.5 Å². The van der Waals surface area contributed by atoms with Gasteiger partial charge in [-0.05, 0) is 48.8 Å². The summed E-state index contributed by atoms with van der Waals surface area (Å²) in [5.74, 6) is 0.454. The maximum atomic E-state index is 10.7. The van der Waals surface area contributed by atoms with Gasteiger partial charge in [0.1, 0.15) is 0 Å². The van der Waals surface area contributed by atoms with E-state index in [1.54, 1.807) is 0 Å². The number of carbonyl (C=O) groups is 1. The Bertz CT molecular complexity index is 453. The second-order valence-electron chi connectivity index (χ2n) is 6.57. The van der Waals surface area contributed by atoms with Crippen LogP contribution < -0.4 is 0 Å². The highest BCUT2D eigenvalue weighted by molar-refractivity contribution is 5.66. The first-order valence-corrected chi connectivity index (χ1v) is 8.07. The number of carboxylic acids is 1. The summed E-state index contributed by atoms with van der Waals surface area (Å²) in [4.78, 5) is 13.2. The summed E-state index contributed by atoms with van der Waals surface area (Å²) < 4.78 is 0. The van der Waals surface area contributed by atoms with Crippen molar-refractivity contribution >= 4 is 5.97 Å². The lowest BCUT2D eigenvalue weighted by molar-refractivity contribution is -0.137. The van der Waals surface area contributed by atoms with Gasteiger partial charge < -0.3 is 5.11 Å². The summed E-state index contributed by atoms with van der Waals surface area (Å²) >= 11 is 0. The molecule has 3 heteroatoms. The minimum absolute atomic E-state index is 0.307. The minimum atomic E-state index is -0.670. The zero-order valence-corrected chi connectivity index (χ0v) is 13.2. The van der Waals surface area contributed by atoms with Crippen molar-refractivity contribution in [2.45, 2.75) is 52.0 Å². The highest BCUT2D eigenvalue weighted by Gasteiger charge is 2.20. The molecule has 1 aliphatic heterocycles. The van der Waals surface area contributed by atoms with Gasteiger partial charge in [0.25, 0.3) is 0 Å². The second-order valence-corrected chi connectivity index (χ2v) is 6.57. The van der Waals surface area contributed by atoms with Gasteiger partial charge in [-0.3, -0.25) is 9.69 Å². The Balaban J connectivity index is 1.85. The van der Waals surface area contributed by atoms with Crippen LogP contribution in [0.25, 0.3) is 0 Å². The molecule has 1 fully saturated rings. The van der Waals surface area contributed by atoms with E-state index >= 15 is 0 Å². The number of hydrogen-bond acceptors (Lipinski definition) is 2. The molecular formula is C18H27NO2. The number of benzene rings is 1. The van der Waals surface area contributed by atoms with Crippen LogP contribution in [0, 0.1) is 5.92 Å². The molecule has 3 nitrogen and oxygen atoms in total. The van der Waals surface area contributed by atoms with Crippen LogP contribution in [0.4, 0.5) is 0 Å². The first-order chi connectivity index (χ1) is 10.0. The summed E-state index contributed by atoms with van der Waals surface area (Å²) in [6.45, 7) is 7.59. The molecule has 1 unspecified atom stereocenters. The first-order valence-electron chi connectivity index (χ1n) is 8.07. The predicted octanol–water partition coefficient (Wildman–Crippen LogP) is 3.89. The largest absolute Gasteiger partial charge is 0.481 e. The molecule has 1 aromatic rings. The molecule has 0 spiro atoms. The van der Waals surface area contributed by atoms with Gasteiger partial charge in [-0.2, -0.15) is 0 Å². The molecule has 2 rings (SSSR count). The fourth-order valence-corrected chi connectivity index (χ4v) is 3.12. The van der Waals surface area contributed by atoms with Crippen LogP contribution in [0.5, 0.6) is 0 Å². The number of nitrogens with zero attached hydrogens (tertiary/aromatic N) is 1. The molecule has 0 aliphatic carbocycles. The summed E-state index contributed by atoms with van der Waals surface area (Å²) in [5, 5.41) is 8.80. The Morgan fingerprint density at radius 3 is 2.67 bits per heavy atom. The highest BCUT2D eigenvalue weighted by atomic mass is 16.4. The van der Waals surface area contributed by atoms with Gasteiger partial charge >= 0.3 is 5.97 Å². The lowest BCUT2D eigenvalue weighted by Crippen LogP contribution is -2.35. The van der Waals surface area contributed by atoms with Crippen LogP contribution in [0.15, 0.2) is 24.3 Å². The number of piperidine rings is 1. The van der Waals surface area contributed by atoms with E-state index < -0.39 is 5.97 Å². The SMILES string of the molecule is CC(C)c1ccc(CN2CCCC(CCC(=O)O)C2)cc1. The quantitative estimate of drug-likeness (QED) is 0.863. The van der Waals surface area contributed by atoms with Crippen LogP contribution >= 0.6 is 0 Å². The van der Waals surface area contributed by atoms with E-state index in [9.17, 15) is 4.79 Å². The van der Waals surface area contributed by atoms with Crippen molar-refractivity contribution in [3.63, 3.8) is 0 Å². The van der Waals surface area contributed by atoms with Crippen LogP contribution in [-0.2, 0) is 11.3 Å². The molecule has 0 radical (unpaired) electrons. The van der Waals surface area contributed by atoms with Crippen molar-refractivity contribution in [1.29, 1.82) is 0 Å². The van der Waals surface area contributed by atoms with Crippen LogP contribution in [0.2, 0.25) is 0 Å². The Kier molecular flexibility index (Phi) is 5.80. The number of rotatable bonds is 6. The van der Waals surface area contributed by atoms with E-state index in [2.05, 4.69) is 43.0 Å². The highest BCUT2D eigenvalue weighted by Crippen LogP contribution is 2.23. The van der Waals surface area contributed by atoms with Gasteiger partial charge in [-0.15, -0.1) is 0 Å². The average Bonchev–Trinajstić information content (AvgIpc) is 2.46. The van der Waals surface area contributed by atoms with Crippen LogP contribution in [0.1, 0.15) is 56.6 Å². The van der Waals surface area contributed by atoms with Gasteiger partial charge in [0.15, 0.2) is 0 Å². The molecule has 21 heavy (non-hydrogen) atoms. The maximum absolute atomic E-state index is 10.7. The predicted molar refractivity (Wildman–Crippen MR) is 85.4 cm³/mol. The minimum Gasteiger partial charge on any atom is -0.481 e. The summed E-state index contributed by atoms with van der Waals surface area (Å²) in [5.41, 5.74) is 2.75. The fraction of sp³-hybridized carbons (Fsp3) is 0.611. The third-order valence-corrected chi connectivity index (χ3v) is 4.42. The standard InChI is InChI=1S/C18H27NO2/c1-14(2)17-8-5-16(6-9-17)13-19-11-3-4-15(12-19)7-10-18(20)21/h5-6,8-9,14-15H,3-4,7,10-13H2,1-2H3,(H,20,21). The van der Waals surface area contributed by atoms with Gasteiger partial charge in [-0.25, -0.2) is 0 Å². The Labute approximate surface area is 128 Å². The molecule has 0 bridgehead atoms. The molecule has 1 aromatic carbocycles. The van der Waals surface area contributed by atoms with Crippen LogP contribution in [0.3, 0.4) is 0 Å². The average molecular weight is 289 g/mol. The lowest BCUT2D eigenvalue weighted by Gasteiger charge is -2.32. The molecule has 1 saturated heterocycles. The lowest BCUT2D eigenvalue weighted by atomic mass is 9.93. The molecule has 0 aromatic heterocycles. The molecule has 0 amide bonds. The van der Waals surface area contributed by atoms with Gasteiger partial charge in [0.2, 0.25) is 0 Å². The monoisotopic (exact) mass is 289 g/mol. The summed E-state index contributed by atoms with van der Waals surface area (Å²) in [6.07, 6.45) is 3.49. The Hall–Kier alpha value is -1.35. The van der Waals surface area contributed by atoms with Crippen molar-refractivity contribution < 1.29 is 9.90 Å². The summed E-state index contributed by atoms with van der Waals surface area (Å²) in [6, 6.07) is 8.92. The zero-order chi connectivity index (χ0) is 15.2. The van der Waals surface area contributed by atoms with E-state index in [1.165, 1.54) is 24.0 Å². The Morgan fingerprint density at radius 1 is 1.33 bits per heavy atom. The van der Waals surface area contributed by atoms with Crippen molar-refractivity contribution in [3.8, 4) is 0 Å². The number of carboxylic acid groups (broad SMARTS) is 1. The van der Waals surface area contributed by atoms with Crippen molar-refractivity contribution in [2.24, 2.45) is 5.92 Å². The molecule has 116 valence electrons. The maximum Gasteiger partial charge on any atom is 0.303 e. The number of likely N-dealkylation sites (tertiary alicyclic amines) is 1. The van der Waals surface area contributed by atoms with Crippen molar-refractivity contribution in [1.82, 2.24) is 4.90 Å². The van der Waals surface area contributed by atoms with Crippen molar-refractivity contribution in [2.75, 3.05) is 13.1 Å². The first kappa shape index (κ1) is 16.0. The third-order valence-electron chi connectivity index (χ3n) is 4.42. The second kappa shape index (κ2) is 7.60. The van der Waals surface area contributed by atoms with E-state index in [0.717, 1.165) is 26.1 Å². The van der Waals surface area contributed by atoms with E-state index in [4.69, 9.17) is 5.11 Å². The number of hydrogen-bond donors (Lipinski definition) is 1. The molecule has 1 N–H and O–H groups in total. The molecular weight excluding hydrogens is 262 g/mol. The van der Waals surface area contributed by atoms with Crippen LogP contribution in [-0.4, -0.2) is 29.1 Å². The van der Waals surface area contributed by atoms with E-state index in [0.29, 0.717) is 18.3 Å². The normalized spacial score (nSPS) is 19.9. The van der Waals surface area contributed by atoms with Gasteiger partial charge in [-0.1, -0.05) is 38.1 Å². The van der Waals surface area contributed by atoms with Gasteiger partial charge in [0.05, 0.1) is 0 Å². The number of aliphatic carboxylic acids is 1. The van der Waals surface area contributed by atoms with Gasteiger partial charge in [0, 0.05) is 19.5 Å². The fourth-order valence-electron chi connectivity index (χ4n) is 3.12. The molecule has 0 saturated carbocycles. The van der Waals surface area contributed by atoms with E-state index in [1.807, 2.05) is 0 Å². The molecule has 1 atom stereocenters. The molecule has 1 heterocycles. The zero-order valence-electron chi connectivity index (χ0n) is 13.2. The smallest absolute Gasteiger partial charge is 0.303 e. The third kappa shape index (κ3) is 5.16. The molecule has 1 aliphatic rings. The van der Waals surface area contributed by atoms with E-state index in [-0.39, 0.29) is 0 Å². The van der Waals surface area contributed by atoms with Crippen molar-refractivity contribution in [3.05, 3.63) is 35.4 Å².